The maximum absolute atomic E-state index is 12.9. The van der Waals surface area contributed by atoms with Gasteiger partial charge in [0.25, 0.3) is 11.8 Å². The van der Waals surface area contributed by atoms with E-state index in [1.54, 1.807) is 12.1 Å². The highest BCUT2D eigenvalue weighted by Crippen LogP contribution is 2.11. The summed E-state index contributed by atoms with van der Waals surface area (Å²) < 4.78 is 25.8. The van der Waals surface area contributed by atoms with Gasteiger partial charge in [-0.1, -0.05) is 12.1 Å². The van der Waals surface area contributed by atoms with Crippen LogP contribution in [0, 0.1) is 11.6 Å². The van der Waals surface area contributed by atoms with Crippen LogP contribution in [-0.4, -0.2) is 23.3 Å². The number of hydrogen-bond acceptors (Lipinski definition) is 3. The number of nitrogens with zero attached hydrogens (tertiary/aromatic N) is 1. The first-order chi connectivity index (χ1) is 13.5. The number of pyridine rings is 1. The highest BCUT2D eigenvalue weighted by atomic mass is 19.1. The Labute approximate surface area is 160 Å². The van der Waals surface area contributed by atoms with Crippen molar-refractivity contribution in [2.75, 3.05) is 11.9 Å². The van der Waals surface area contributed by atoms with Crippen molar-refractivity contribution in [2.45, 2.75) is 6.42 Å². The van der Waals surface area contributed by atoms with Crippen LogP contribution < -0.4 is 10.6 Å². The number of carbonyl (C=O) groups is 2. The van der Waals surface area contributed by atoms with Crippen LogP contribution in [-0.2, 0) is 6.42 Å². The van der Waals surface area contributed by atoms with Crippen molar-refractivity contribution >= 4 is 17.5 Å². The lowest BCUT2D eigenvalue weighted by Crippen LogP contribution is -2.26. The molecule has 3 aromatic rings. The molecule has 142 valence electrons. The molecule has 2 aromatic carbocycles. The van der Waals surface area contributed by atoms with Crippen LogP contribution in [0.2, 0.25) is 0 Å². The Morgan fingerprint density at radius 3 is 2.18 bits per heavy atom. The summed E-state index contributed by atoms with van der Waals surface area (Å²) in [4.78, 5) is 28.5. The highest BCUT2D eigenvalue weighted by molar-refractivity contribution is 6.04. The average molecular weight is 381 g/mol. The van der Waals surface area contributed by atoms with E-state index in [-0.39, 0.29) is 17.4 Å². The number of hydrogen-bond donors (Lipinski definition) is 2. The first-order valence-corrected chi connectivity index (χ1v) is 8.57. The molecule has 0 bridgehead atoms. The van der Waals surface area contributed by atoms with Gasteiger partial charge in [0, 0.05) is 24.0 Å². The molecule has 0 aliphatic heterocycles. The Balaban J connectivity index is 1.58. The minimum atomic E-state index is -0.507. The van der Waals surface area contributed by atoms with Gasteiger partial charge in [0.15, 0.2) is 0 Å². The third kappa shape index (κ3) is 5.20. The smallest absolute Gasteiger partial charge is 0.274 e. The van der Waals surface area contributed by atoms with Crippen molar-refractivity contribution < 1.29 is 18.4 Å². The standard InChI is InChI=1S/C21H17F2N3O2/c22-16-3-1-14(2-4-16)9-11-25-20(27)15-10-12-24-19(13-15)21(28)26-18-7-5-17(23)6-8-18/h1-8,10,12-13H,9,11H2,(H,25,27)(H,26,28). The van der Waals surface area contributed by atoms with Gasteiger partial charge in [-0.25, -0.2) is 8.78 Å². The fourth-order valence-corrected chi connectivity index (χ4v) is 2.50. The Bertz CT molecular complexity index is 974. The van der Waals surface area contributed by atoms with E-state index in [0.717, 1.165) is 5.56 Å². The molecular formula is C21H17F2N3O2. The molecule has 28 heavy (non-hydrogen) atoms. The van der Waals surface area contributed by atoms with E-state index in [1.165, 1.54) is 54.7 Å². The predicted octanol–water partition coefficient (Wildman–Crippen LogP) is 3.58. The van der Waals surface area contributed by atoms with Gasteiger partial charge in [-0.05, 0) is 60.5 Å². The van der Waals surface area contributed by atoms with Gasteiger partial charge in [0.2, 0.25) is 0 Å². The fraction of sp³-hybridized carbons (Fsp3) is 0.0952. The molecule has 0 atom stereocenters. The largest absolute Gasteiger partial charge is 0.352 e. The van der Waals surface area contributed by atoms with Gasteiger partial charge in [0.05, 0.1) is 0 Å². The number of amides is 2. The second-order valence-corrected chi connectivity index (χ2v) is 6.02. The van der Waals surface area contributed by atoms with Gasteiger partial charge in [-0.3, -0.25) is 14.6 Å². The Hall–Kier alpha value is -3.61. The Kier molecular flexibility index (Phi) is 6.06. The van der Waals surface area contributed by atoms with Crippen LogP contribution in [0.1, 0.15) is 26.4 Å². The van der Waals surface area contributed by atoms with Crippen molar-refractivity contribution in [3.63, 3.8) is 0 Å². The summed E-state index contributed by atoms with van der Waals surface area (Å²) in [6.07, 6.45) is 1.92. The highest BCUT2D eigenvalue weighted by Gasteiger charge is 2.12. The van der Waals surface area contributed by atoms with E-state index in [4.69, 9.17) is 0 Å². The molecule has 0 spiro atoms. The zero-order valence-corrected chi connectivity index (χ0v) is 14.8. The molecule has 0 fully saturated rings. The molecule has 3 rings (SSSR count). The van der Waals surface area contributed by atoms with Crippen molar-refractivity contribution in [2.24, 2.45) is 0 Å². The summed E-state index contributed by atoms with van der Waals surface area (Å²) in [5.41, 5.74) is 1.67. The maximum atomic E-state index is 12.9. The van der Waals surface area contributed by atoms with Crippen molar-refractivity contribution in [1.29, 1.82) is 0 Å². The van der Waals surface area contributed by atoms with Crippen LogP contribution in [0.4, 0.5) is 14.5 Å². The van der Waals surface area contributed by atoms with E-state index in [9.17, 15) is 18.4 Å². The minimum absolute atomic E-state index is 0.0653. The molecule has 0 aliphatic rings. The predicted molar refractivity (Wildman–Crippen MR) is 101 cm³/mol. The topological polar surface area (TPSA) is 71.1 Å². The van der Waals surface area contributed by atoms with Crippen LogP contribution in [0.15, 0.2) is 66.9 Å². The summed E-state index contributed by atoms with van der Waals surface area (Å²) in [5, 5.41) is 5.34. The Morgan fingerprint density at radius 1 is 0.857 bits per heavy atom. The summed E-state index contributed by atoms with van der Waals surface area (Å²) >= 11 is 0. The van der Waals surface area contributed by atoms with E-state index >= 15 is 0 Å². The lowest BCUT2D eigenvalue weighted by Gasteiger charge is -2.08. The second-order valence-electron chi connectivity index (χ2n) is 6.02. The molecule has 0 saturated heterocycles. The molecule has 0 radical (unpaired) electrons. The first kappa shape index (κ1) is 19.2. The number of aromatic nitrogens is 1. The molecule has 2 amide bonds. The van der Waals surface area contributed by atoms with E-state index in [2.05, 4.69) is 15.6 Å². The second kappa shape index (κ2) is 8.85. The van der Waals surface area contributed by atoms with Crippen LogP contribution in [0.5, 0.6) is 0 Å². The van der Waals surface area contributed by atoms with Gasteiger partial charge >= 0.3 is 0 Å². The monoisotopic (exact) mass is 381 g/mol. The number of rotatable bonds is 6. The zero-order valence-electron chi connectivity index (χ0n) is 14.8. The molecule has 1 heterocycles. The molecule has 7 heteroatoms. The van der Waals surface area contributed by atoms with E-state index in [0.29, 0.717) is 24.2 Å². The first-order valence-electron chi connectivity index (χ1n) is 8.57. The van der Waals surface area contributed by atoms with E-state index < -0.39 is 11.7 Å². The SMILES string of the molecule is O=C(NCCc1ccc(F)cc1)c1ccnc(C(=O)Nc2ccc(F)cc2)c1. The molecule has 0 saturated carbocycles. The van der Waals surface area contributed by atoms with Crippen molar-refractivity contribution in [3.8, 4) is 0 Å². The summed E-state index contributed by atoms with van der Waals surface area (Å²) in [5.74, 6) is -1.57. The Morgan fingerprint density at radius 2 is 1.50 bits per heavy atom. The molecule has 1 aromatic heterocycles. The van der Waals surface area contributed by atoms with Crippen LogP contribution in [0.25, 0.3) is 0 Å². The fourth-order valence-electron chi connectivity index (χ4n) is 2.50. The van der Waals surface area contributed by atoms with E-state index in [1.807, 2.05) is 0 Å². The maximum Gasteiger partial charge on any atom is 0.274 e. The van der Waals surface area contributed by atoms with Gasteiger partial charge < -0.3 is 10.6 Å². The average Bonchev–Trinajstić information content (AvgIpc) is 2.71. The normalized spacial score (nSPS) is 10.4. The molecular weight excluding hydrogens is 364 g/mol. The number of anilines is 1. The van der Waals surface area contributed by atoms with Gasteiger partial charge in [-0.15, -0.1) is 0 Å². The van der Waals surface area contributed by atoms with Crippen LogP contribution in [0.3, 0.4) is 0 Å². The molecule has 0 aliphatic carbocycles. The third-order valence-corrected chi connectivity index (χ3v) is 3.97. The van der Waals surface area contributed by atoms with Crippen molar-refractivity contribution in [3.05, 3.63) is 95.3 Å². The zero-order chi connectivity index (χ0) is 19.9. The van der Waals surface area contributed by atoms with Gasteiger partial charge in [-0.2, -0.15) is 0 Å². The van der Waals surface area contributed by atoms with Gasteiger partial charge in [0.1, 0.15) is 17.3 Å². The lowest BCUT2D eigenvalue weighted by molar-refractivity contribution is 0.0954. The summed E-state index contributed by atoms with van der Waals surface area (Å²) in [6.45, 7) is 0.365. The summed E-state index contributed by atoms with van der Waals surface area (Å²) in [6, 6.07) is 14.3. The summed E-state index contributed by atoms with van der Waals surface area (Å²) in [7, 11) is 0. The number of benzene rings is 2. The third-order valence-electron chi connectivity index (χ3n) is 3.97. The van der Waals surface area contributed by atoms with Crippen molar-refractivity contribution in [1.82, 2.24) is 10.3 Å². The lowest BCUT2D eigenvalue weighted by atomic mass is 10.1. The molecule has 5 nitrogen and oxygen atoms in total. The minimum Gasteiger partial charge on any atom is -0.352 e. The molecule has 0 unspecified atom stereocenters. The molecule has 2 N–H and O–H groups in total. The number of halogens is 2. The van der Waals surface area contributed by atoms with Crippen LogP contribution >= 0.6 is 0 Å². The number of nitrogens with one attached hydrogen (secondary N) is 2. The number of carbonyl (C=O) groups excluding carboxylic acids is 2. The quantitative estimate of drug-likeness (QED) is 0.686.